The van der Waals surface area contributed by atoms with Crippen molar-refractivity contribution in [2.75, 3.05) is 13.1 Å². The summed E-state index contributed by atoms with van der Waals surface area (Å²) in [6, 6.07) is 0. The van der Waals surface area contributed by atoms with Crippen LogP contribution in [0.3, 0.4) is 0 Å². The van der Waals surface area contributed by atoms with Crippen molar-refractivity contribution in [2.24, 2.45) is 0 Å². The van der Waals surface area contributed by atoms with Crippen LogP contribution in [0.4, 0.5) is 0 Å². The third-order valence-electron chi connectivity index (χ3n) is 0.918. The van der Waals surface area contributed by atoms with Crippen molar-refractivity contribution in [2.45, 2.75) is 0 Å². The van der Waals surface area contributed by atoms with Gasteiger partial charge in [-0.25, -0.2) is 0 Å². The average Bonchev–Trinajstić information content (AvgIpc) is 1.82. The van der Waals surface area contributed by atoms with Crippen molar-refractivity contribution < 1.29 is 42.3 Å². The maximum absolute atomic E-state index is 10.4. The molecule has 0 unspecified atom stereocenters. The molecule has 0 N–H and O–H groups in total. The molecule has 0 saturated carbocycles. The third-order valence-corrected chi connectivity index (χ3v) is 0.918. The molecule has 55 valence electrons. The van der Waals surface area contributed by atoms with Crippen molar-refractivity contribution in [1.82, 2.24) is 4.90 Å². The number of nitrogens with zero attached hydrogens (tertiary/aromatic N) is 1. The summed E-state index contributed by atoms with van der Waals surface area (Å²) in [5.41, 5.74) is 0. The molecule has 0 heterocycles. The topological polar surface area (TPSA) is 37.4 Å². The molecule has 0 spiro atoms. The molecule has 0 aromatic carbocycles. The molecule has 3 nitrogen and oxygen atoms in total. The summed E-state index contributed by atoms with van der Waals surface area (Å²) >= 11 is 0. The molecule has 0 bridgehead atoms. The first-order valence-electron chi connectivity index (χ1n) is 2.56. The van der Waals surface area contributed by atoms with E-state index in [1.54, 1.807) is 0 Å². The summed E-state index contributed by atoms with van der Waals surface area (Å²) < 4.78 is 0. The van der Waals surface area contributed by atoms with Crippen molar-refractivity contribution >= 4 is 12.2 Å². The number of hydrogen-bond donors (Lipinski definition) is 0. The van der Waals surface area contributed by atoms with E-state index in [0.717, 1.165) is 0 Å². The Labute approximate surface area is 86.0 Å². The van der Waals surface area contributed by atoms with Crippen molar-refractivity contribution in [1.29, 1.82) is 0 Å². The van der Waals surface area contributed by atoms with Gasteiger partial charge in [0.15, 0.2) is 0 Å². The second-order valence-electron chi connectivity index (χ2n) is 1.51. The van der Waals surface area contributed by atoms with Crippen molar-refractivity contribution in [3.63, 3.8) is 0 Å². The van der Waals surface area contributed by atoms with E-state index in [-0.39, 0.29) is 45.2 Å². The summed E-state index contributed by atoms with van der Waals surface area (Å²) in [6.45, 7) is 6.93. The van der Waals surface area contributed by atoms with Crippen molar-refractivity contribution in [3.05, 3.63) is 13.8 Å². The Morgan fingerprint density at radius 2 is 2.10 bits per heavy atom. The molecule has 0 aliphatic rings. The van der Waals surface area contributed by atoms with Gasteiger partial charge >= 0.3 is 0 Å². The second-order valence-corrected chi connectivity index (χ2v) is 1.51. The molecule has 1 amide bonds. The first-order valence-corrected chi connectivity index (χ1v) is 2.56. The van der Waals surface area contributed by atoms with Gasteiger partial charge in [-0.05, 0) is 0 Å². The summed E-state index contributed by atoms with van der Waals surface area (Å²) in [4.78, 5) is 21.5. The van der Waals surface area contributed by atoms with Crippen LogP contribution in [0.5, 0.6) is 0 Å². The SMILES string of the molecule is [CH2-]CN(CC=O)C([CH2-])=O.[Y]. The molecule has 0 atom stereocenters. The fourth-order valence-electron chi connectivity index (χ4n) is 0.408. The molecular weight excluding hydrogens is 207 g/mol. The number of aldehydes is 1. The van der Waals surface area contributed by atoms with Crippen LogP contribution in [0.1, 0.15) is 0 Å². The van der Waals surface area contributed by atoms with Gasteiger partial charge in [0, 0.05) is 32.7 Å². The van der Waals surface area contributed by atoms with E-state index in [1.165, 1.54) is 4.90 Å². The minimum atomic E-state index is -0.364. The Kier molecular flexibility index (Phi) is 9.22. The van der Waals surface area contributed by atoms with E-state index in [2.05, 4.69) is 13.8 Å². The molecule has 4 heteroatoms. The molecule has 0 rings (SSSR count). The van der Waals surface area contributed by atoms with Gasteiger partial charge in [0.2, 0.25) is 0 Å². The predicted molar refractivity (Wildman–Crippen MR) is 33.4 cm³/mol. The maximum atomic E-state index is 10.4. The number of carbonyl (C=O) groups is 2. The zero-order chi connectivity index (χ0) is 7.28. The van der Waals surface area contributed by atoms with Gasteiger partial charge in [0.05, 0.1) is 12.5 Å². The molecule has 0 aliphatic heterocycles. The number of hydrogen-bond acceptors (Lipinski definition) is 2. The maximum Gasteiger partial charge on any atom is 0.139 e. The zero-order valence-corrected chi connectivity index (χ0v) is 8.59. The minimum absolute atomic E-state index is 0. The van der Waals surface area contributed by atoms with E-state index in [4.69, 9.17) is 0 Å². The van der Waals surface area contributed by atoms with Gasteiger partial charge in [-0.2, -0.15) is 0 Å². The number of carbonyl (C=O) groups excluding carboxylic acids is 2. The zero-order valence-electron chi connectivity index (χ0n) is 5.75. The molecule has 0 aromatic heterocycles. The molecule has 0 saturated heterocycles. The van der Waals surface area contributed by atoms with Gasteiger partial charge in [-0.3, -0.25) is 0 Å². The molecule has 10 heavy (non-hydrogen) atoms. The standard InChI is InChI=1S/C6H9NO2.Y/c1-3-7(4-5-8)6(2)9;/h5H,1-4H2;/q-2;. The van der Waals surface area contributed by atoms with Gasteiger partial charge in [0.1, 0.15) is 6.29 Å². The molecule has 0 aliphatic carbocycles. The smallest absolute Gasteiger partial charge is 0.139 e. The third kappa shape index (κ3) is 4.94. The first kappa shape index (κ1) is 12.8. The van der Waals surface area contributed by atoms with Crippen molar-refractivity contribution in [3.8, 4) is 0 Å². The fourth-order valence-corrected chi connectivity index (χ4v) is 0.408. The van der Waals surface area contributed by atoms with Gasteiger partial charge in [-0.1, -0.05) is 0 Å². The van der Waals surface area contributed by atoms with Crippen LogP contribution >= 0.6 is 0 Å². The Morgan fingerprint density at radius 3 is 2.20 bits per heavy atom. The van der Waals surface area contributed by atoms with E-state index >= 15 is 0 Å². The number of rotatable bonds is 3. The van der Waals surface area contributed by atoms with E-state index in [0.29, 0.717) is 12.8 Å². The van der Waals surface area contributed by atoms with Crippen LogP contribution in [0.15, 0.2) is 0 Å². The van der Waals surface area contributed by atoms with Crippen LogP contribution < -0.4 is 0 Å². The van der Waals surface area contributed by atoms with Gasteiger partial charge < -0.3 is 28.3 Å². The van der Waals surface area contributed by atoms with Crippen LogP contribution in [0.2, 0.25) is 0 Å². The molecule has 0 fully saturated rings. The number of amides is 1. The molecular formula is C6H9NO2Y-2. The monoisotopic (exact) mass is 216 g/mol. The quantitative estimate of drug-likeness (QED) is 0.479. The van der Waals surface area contributed by atoms with Crippen LogP contribution in [0.25, 0.3) is 0 Å². The summed E-state index contributed by atoms with van der Waals surface area (Å²) in [6.07, 6.45) is 0.647. The van der Waals surface area contributed by atoms with E-state index in [9.17, 15) is 9.59 Å². The summed E-state index contributed by atoms with van der Waals surface area (Å²) in [5.74, 6) is -0.364. The van der Waals surface area contributed by atoms with Gasteiger partial charge in [-0.15, -0.1) is 6.54 Å². The van der Waals surface area contributed by atoms with E-state index < -0.39 is 0 Å². The molecule has 0 aromatic rings. The Morgan fingerprint density at radius 1 is 1.60 bits per heavy atom. The average molecular weight is 216 g/mol. The van der Waals surface area contributed by atoms with E-state index in [1.807, 2.05) is 0 Å². The Balaban J connectivity index is 0. The fraction of sp³-hybridized carbons (Fsp3) is 0.333. The normalized spacial score (nSPS) is 7.70. The largest absolute Gasteiger partial charge is 0.391 e. The predicted octanol–water partition coefficient (Wildman–Crippen LogP) is -0.320. The summed E-state index contributed by atoms with van der Waals surface area (Å²) in [5, 5.41) is 0. The Hall–Kier alpha value is 0.114. The van der Waals surface area contributed by atoms with Crippen LogP contribution in [-0.4, -0.2) is 30.2 Å². The Bertz CT molecular complexity index is 116. The minimum Gasteiger partial charge on any atom is -0.391 e. The van der Waals surface area contributed by atoms with Crippen LogP contribution in [-0.2, 0) is 42.3 Å². The molecule has 1 radical (unpaired) electrons. The van der Waals surface area contributed by atoms with Crippen LogP contribution in [0, 0.1) is 13.8 Å². The first-order chi connectivity index (χ1) is 4.22. The second kappa shape index (κ2) is 7.22. The summed E-state index contributed by atoms with van der Waals surface area (Å²) in [7, 11) is 0. The van der Waals surface area contributed by atoms with Gasteiger partial charge in [0.25, 0.3) is 0 Å².